The predicted molar refractivity (Wildman–Crippen MR) is 126 cm³/mol. The number of nitro groups is 1. The summed E-state index contributed by atoms with van der Waals surface area (Å²) in [4.78, 5) is 23.7. The van der Waals surface area contributed by atoms with E-state index >= 15 is 0 Å². The van der Waals surface area contributed by atoms with E-state index in [2.05, 4.69) is 0 Å². The average Bonchev–Trinajstić information content (AvgIpc) is 2.78. The average molecular weight is 593 g/mol. The number of phenols is 2. The first-order valence-electron chi connectivity index (χ1n) is 9.68. The molecule has 0 aliphatic heterocycles. The van der Waals surface area contributed by atoms with Crippen LogP contribution in [0.4, 0.5) is 5.69 Å². The number of nitrogens with zero attached hydrogens (tertiary/aromatic N) is 1. The van der Waals surface area contributed by atoms with Gasteiger partial charge >= 0.3 is 11.7 Å². The topological polar surface area (TPSA) is 156 Å². The largest absolute Gasteiger partial charge is 0.507 e. The minimum atomic E-state index is -0.859. The zero-order chi connectivity index (χ0) is 25.4. The highest BCUT2D eigenvalue weighted by Gasteiger charge is 2.30. The molecule has 13 heteroatoms. The van der Waals surface area contributed by atoms with Crippen molar-refractivity contribution in [3.05, 3.63) is 43.0 Å². The Kier molecular flexibility index (Phi) is 9.95. The summed E-state index contributed by atoms with van der Waals surface area (Å²) in [5, 5.41) is 31.4. The Bertz CT molecular complexity index is 1040. The molecule has 0 amide bonds. The van der Waals surface area contributed by atoms with Gasteiger partial charge in [-0.05, 0) is 35.6 Å². The summed E-state index contributed by atoms with van der Waals surface area (Å²) in [6, 6.07) is 3.44. The van der Waals surface area contributed by atoms with E-state index in [4.69, 9.17) is 28.4 Å². The molecular formula is C21H24INO11. The fourth-order valence-electron chi connectivity index (χ4n) is 3.00. The second-order valence-electron chi connectivity index (χ2n) is 6.83. The predicted octanol–water partition coefficient (Wildman–Crippen LogP) is 3.37. The summed E-state index contributed by atoms with van der Waals surface area (Å²) in [5.74, 6) is -1.49. The Balaban J connectivity index is 2.46. The quantitative estimate of drug-likeness (QED) is 0.122. The zero-order valence-electron chi connectivity index (χ0n) is 18.8. The number of esters is 1. The normalized spacial score (nSPS) is 11.6. The van der Waals surface area contributed by atoms with E-state index in [0.717, 1.165) is 12.1 Å². The van der Waals surface area contributed by atoms with Crippen LogP contribution in [0.3, 0.4) is 0 Å². The smallest absolute Gasteiger partial charge is 0.342 e. The molecular weight excluding hydrogens is 569 g/mol. The van der Waals surface area contributed by atoms with E-state index < -0.39 is 28.4 Å². The standard InChI is InChI=1S/C21H24INO11/c1-11(34-21(26)12-6-14(22)17(25)8-16(12)24)5-13-19(33-10-30-3)15(23(27)28)7-18(20(13)31-4)32-9-29-2/h6-8,11,24-25H,5,9-10H2,1-4H3. The van der Waals surface area contributed by atoms with Gasteiger partial charge in [-0.15, -0.1) is 0 Å². The summed E-state index contributed by atoms with van der Waals surface area (Å²) in [6.45, 7) is 1.06. The summed E-state index contributed by atoms with van der Waals surface area (Å²) in [5.41, 5.74) is -0.368. The molecule has 0 saturated carbocycles. The Hall–Kier alpha value is -3.04. The molecule has 2 aromatic carbocycles. The maximum Gasteiger partial charge on any atom is 0.342 e. The van der Waals surface area contributed by atoms with Crippen LogP contribution < -0.4 is 14.2 Å². The highest BCUT2D eigenvalue weighted by molar-refractivity contribution is 14.1. The van der Waals surface area contributed by atoms with Crippen molar-refractivity contribution >= 4 is 34.2 Å². The SMILES string of the molecule is COCOc1cc([N+](=O)[O-])c(OCOC)c(CC(C)OC(=O)c2cc(I)c(O)cc2O)c1OC. The van der Waals surface area contributed by atoms with Crippen LogP contribution >= 0.6 is 22.6 Å². The van der Waals surface area contributed by atoms with Crippen molar-refractivity contribution in [3.63, 3.8) is 0 Å². The van der Waals surface area contributed by atoms with Gasteiger partial charge in [-0.2, -0.15) is 0 Å². The van der Waals surface area contributed by atoms with Gasteiger partial charge in [0.25, 0.3) is 0 Å². The molecule has 0 aliphatic carbocycles. The number of carbonyl (C=O) groups excluding carboxylic acids is 1. The van der Waals surface area contributed by atoms with Crippen LogP contribution in [-0.2, 0) is 20.6 Å². The molecule has 0 bridgehead atoms. The fraction of sp³-hybridized carbons (Fsp3) is 0.381. The number of carbonyl (C=O) groups is 1. The number of halogens is 1. The van der Waals surface area contributed by atoms with Gasteiger partial charge in [-0.1, -0.05) is 0 Å². The van der Waals surface area contributed by atoms with Crippen LogP contribution in [0.2, 0.25) is 0 Å². The van der Waals surface area contributed by atoms with Crippen LogP contribution in [0, 0.1) is 13.7 Å². The molecule has 186 valence electrons. The maximum absolute atomic E-state index is 12.6. The second-order valence-corrected chi connectivity index (χ2v) is 8.00. The highest BCUT2D eigenvalue weighted by Crippen LogP contribution is 2.45. The minimum Gasteiger partial charge on any atom is -0.507 e. The summed E-state index contributed by atoms with van der Waals surface area (Å²) < 4.78 is 31.9. The van der Waals surface area contributed by atoms with Gasteiger partial charge in [0.1, 0.15) is 23.2 Å². The van der Waals surface area contributed by atoms with Crippen molar-refractivity contribution in [2.45, 2.75) is 19.4 Å². The molecule has 1 atom stereocenters. The number of hydrogen-bond acceptors (Lipinski definition) is 11. The molecule has 0 saturated heterocycles. The molecule has 0 radical (unpaired) electrons. The van der Waals surface area contributed by atoms with Crippen molar-refractivity contribution < 1.29 is 48.4 Å². The lowest BCUT2D eigenvalue weighted by Gasteiger charge is -2.21. The molecule has 0 fully saturated rings. The molecule has 2 rings (SSSR count). The molecule has 0 aromatic heterocycles. The third kappa shape index (κ3) is 6.51. The van der Waals surface area contributed by atoms with E-state index in [0.29, 0.717) is 3.57 Å². The van der Waals surface area contributed by atoms with Crippen molar-refractivity contribution in [2.75, 3.05) is 34.9 Å². The van der Waals surface area contributed by atoms with Crippen LogP contribution in [0.15, 0.2) is 18.2 Å². The van der Waals surface area contributed by atoms with Crippen molar-refractivity contribution in [1.29, 1.82) is 0 Å². The van der Waals surface area contributed by atoms with E-state index in [9.17, 15) is 25.1 Å². The first kappa shape index (κ1) is 27.2. The lowest BCUT2D eigenvalue weighted by molar-refractivity contribution is -0.386. The van der Waals surface area contributed by atoms with Crippen molar-refractivity contribution in [1.82, 2.24) is 0 Å². The van der Waals surface area contributed by atoms with E-state index in [-0.39, 0.29) is 54.1 Å². The molecule has 0 spiro atoms. The molecule has 0 heterocycles. The monoisotopic (exact) mass is 593 g/mol. The molecule has 34 heavy (non-hydrogen) atoms. The summed E-state index contributed by atoms with van der Waals surface area (Å²) in [7, 11) is 4.09. The number of benzene rings is 2. The van der Waals surface area contributed by atoms with Crippen LogP contribution in [0.25, 0.3) is 0 Å². The molecule has 0 aliphatic rings. The fourth-order valence-corrected chi connectivity index (χ4v) is 3.47. The van der Waals surface area contributed by atoms with E-state index in [1.54, 1.807) is 29.5 Å². The van der Waals surface area contributed by atoms with Crippen molar-refractivity contribution in [2.24, 2.45) is 0 Å². The van der Waals surface area contributed by atoms with Gasteiger partial charge in [0.05, 0.1) is 27.2 Å². The first-order chi connectivity index (χ1) is 16.1. The van der Waals surface area contributed by atoms with E-state index in [1.165, 1.54) is 27.4 Å². The van der Waals surface area contributed by atoms with Gasteiger partial charge in [-0.25, -0.2) is 4.79 Å². The number of phenolic OH excluding ortho intramolecular Hbond substituents is 2. The Labute approximate surface area is 208 Å². The van der Waals surface area contributed by atoms with E-state index in [1.807, 2.05) is 0 Å². The molecule has 1 unspecified atom stereocenters. The number of aromatic hydroxyl groups is 2. The Morgan fingerprint density at radius 2 is 1.71 bits per heavy atom. The lowest BCUT2D eigenvalue weighted by atomic mass is 10.0. The Morgan fingerprint density at radius 3 is 2.29 bits per heavy atom. The first-order valence-corrected chi connectivity index (χ1v) is 10.8. The van der Waals surface area contributed by atoms with Gasteiger partial charge in [0.15, 0.2) is 25.1 Å². The third-order valence-corrected chi connectivity index (χ3v) is 5.28. The number of rotatable bonds is 12. The Morgan fingerprint density at radius 1 is 1.06 bits per heavy atom. The number of nitro benzene ring substituents is 1. The molecule has 12 nitrogen and oxygen atoms in total. The second kappa shape index (κ2) is 12.4. The number of ether oxygens (including phenoxy) is 6. The van der Waals surface area contributed by atoms with Gasteiger partial charge in [-0.3, -0.25) is 10.1 Å². The zero-order valence-corrected chi connectivity index (χ0v) is 21.0. The van der Waals surface area contributed by atoms with Crippen LogP contribution in [-0.4, -0.2) is 62.1 Å². The lowest BCUT2D eigenvalue weighted by Crippen LogP contribution is -2.19. The number of methoxy groups -OCH3 is 3. The number of hydrogen-bond donors (Lipinski definition) is 2. The van der Waals surface area contributed by atoms with Crippen molar-refractivity contribution in [3.8, 4) is 28.7 Å². The van der Waals surface area contributed by atoms with Gasteiger partial charge in [0, 0.05) is 26.7 Å². The molecule has 2 N–H and O–H groups in total. The summed E-state index contributed by atoms with van der Waals surface area (Å²) >= 11 is 1.80. The maximum atomic E-state index is 12.6. The summed E-state index contributed by atoms with van der Waals surface area (Å²) in [6.07, 6.45) is -0.927. The van der Waals surface area contributed by atoms with Gasteiger partial charge < -0.3 is 38.6 Å². The highest BCUT2D eigenvalue weighted by atomic mass is 127. The third-order valence-electron chi connectivity index (χ3n) is 4.41. The van der Waals surface area contributed by atoms with Crippen LogP contribution in [0.1, 0.15) is 22.8 Å². The van der Waals surface area contributed by atoms with Gasteiger partial charge in [0.2, 0.25) is 5.75 Å². The minimum absolute atomic E-state index is 0.0278. The van der Waals surface area contributed by atoms with Crippen LogP contribution in [0.5, 0.6) is 28.7 Å². The molecule has 2 aromatic rings.